The first-order chi connectivity index (χ1) is 17.5. The summed E-state index contributed by atoms with van der Waals surface area (Å²) in [6.45, 7) is 13.2. The van der Waals surface area contributed by atoms with Gasteiger partial charge in [-0.3, -0.25) is 0 Å². The van der Waals surface area contributed by atoms with Gasteiger partial charge in [-0.2, -0.15) is 0 Å². The summed E-state index contributed by atoms with van der Waals surface area (Å²) in [6.07, 6.45) is 3.52. The van der Waals surface area contributed by atoms with Gasteiger partial charge in [0.15, 0.2) is 0 Å². The molecule has 2 aromatic carbocycles. The second kappa shape index (κ2) is 18.6. The van der Waals surface area contributed by atoms with E-state index in [9.17, 15) is 10.2 Å². The first-order valence-corrected chi connectivity index (χ1v) is 14.0. The van der Waals surface area contributed by atoms with Crippen LogP contribution in [0.2, 0.25) is 5.02 Å². The highest BCUT2D eigenvalue weighted by atomic mass is 35.5. The molecule has 4 rings (SSSR count). The van der Waals surface area contributed by atoms with E-state index in [-0.39, 0.29) is 18.8 Å². The lowest BCUT2D eigenvalue weighted by Gasteiger charge is -2.32. The molecule has 0 radical (unpaired) electrons. The first-order valence-electron chi connectivity index (χ1n) is 13.6. The fourth-order valence-corrected chi connectivity index (χ4v) is 4.40. The predicted molar refractivity (Wildman–Crippen MR) is 151 cm³/mol. The van der Waals surface area contributed by atoms with E-state index in [4.69, 9.17) is 21.1 Å². The van der Waals surface area contributed by atoms with E-state index in [0.29, 0.717) is 30.9 Å². The summed E-state index contributed by atoms with van der Waals surface area (Å²) in [7, 11) is 2.17. The van der Waals surface area contributed by atoms with Crippen molar-refractivity contribution in [2.24, 2.45) is 0 Å². The number of rotatable bonds is 6. The number of aliphatic hydroxyl groups excluding tert-OH is 2. The van der Waals surface area contributed by atoms with Crippen LogP contribution in [0, 0.1) is 0 Å². The zero-order chi connectivity index (χ0) is 26.9. The number of ether oxygens (including phenoxy) is 2. The van der Waals surface area contributed by atoms with E-state index in [0.717, 1.165) is 22.4 Å². The van der Waals surface area contributed by atoms with Gasteiger partial charge in [0.1, 0.15) is 5.75 Å². The fourth-order valence-electron chi connectivity index (χ4n) is 4.22. The third-order valence-electron chi connectivity index (χ3n) is 5.98. The molecule has 0 aromatic heterocycles. The topological polar surface area (TPSA) is 62.2 Å². The highest BCUT2D eigenvalue weighted by molar-refractivity contribution is 6.31. The molecule has 2 N–H and O–H groups in total. The standard InChI is InChI=1S/C21H25ClO4.C5H11N.2C2H6/c1-2-25-18-6-3-14(4-7-18)9-16-10-15(5-8-20(16)22)21-12-17(24)11-19(13-23)26-21;1-6-4-2-3-5-6;2*1-2/h3-8,10,17,19,21,23-24H,2,9,11-13H2,1H3;2-5H2,1H3;2*1-2H3. The summed E-state index contributed by atoms with van der Waals surface area (Å²) in [5, 5.41) is 20.1. The van der Waals surface area contributed by atoms with Gasteiger partial charge in [0.25, 0.3) is 0 Å². The van der Waals surface area contributed by atoms with Gasteiger partial charge >= 0.3 is 0 Å². The molecular formula is C30H48ClNO4. The number of hydrogen-bond donors (Lipinski definition) is 2. The average Bonchev–Trinajstić information content (AvgIpc) is 3.40. The normalized spacial score (nSPS) is 21.2. The molecule has 3 atom stereocenters. The molecule has 6 heteroatoms. The number of halogens is 1. The Hall–Kier alpha value is -1.63. The SMILES string of the molecule is CC.CC.CCOc1ccc(Cc2cc(C3CC(O)CC(CO)O3)ccc2Cl)cc1.CN1CCCC1. The minimum Gasteiger partial charge on any atom is -0.494 e. The summed E-state index contributed by atoms with van der Waals surface area (Å²) < 4.78 is 11.4. The molecule has 2 aliphatic heterocycles. The maximum absolute atomic E-state index is 10.0. The van der Waals surface area contributed by atoms with Crippen LogP contribution in [0.5, 0.6) is 5.75 Å². The number of likely N-dealkylation sites (tertiary alicyclic amines) is 1. The Morgan fingerprint density at radius 3 is 2.17 bits per heavy atom. The molecule has 3 unspecified atom stereocenters. The predicted octanol–water partition coefficient (Wildman–Crippen LogP) is 6.67. The molecule has 0 bridgehead atoms. The Morgan fingerprint density at radius 2 is 1.64 bits per heavy atom. The monoisotopic (exact) mass is 521 g/mol. The second-order valence-corrected chi connectivity index (χ2v) is 9.08. The van der Waals surface area contributed by atoms with Crippen molar-refractivity contribution in [1.82, 2.24) is 4.90 Å². The van der Waals surface area contributed by atoms with Crippen LogP contribution in [0.3, 0.4) is 0 Å². The van der Waals surface area contributed by atoms with Gasteiger partial charge in [-0.25, -0.2) is 0 Å². The van der Waals surface area contributed by atoms with Crippen molar-refractivity contribution in [3.05, 3.63) is 64.2 Å². The Morgan fingerprint density at radius 1 is 1.00 bits per heavy atom. The Balaban J connectivity index is 0.000000551. The third-order valence-corrected chi connectivity index (χ3v) is 6.35. The van der Waals surface area contributed by atoms with Crippen LogP contribution in [0.15, 0.2) is 42.5 Å². The van der Waals surface area contributed by atoms with Gasteiger partial charge in [-0.05, 0) is 81.2 Å². The van der Waals surface area contributed by atoms with E-state index in [2.05, 4.69) is 11.9 Å². The minimum atomic E-state index is -0.462. The van der Waals surface area contributed by atoms with Crippen molar-refractivity contribution in [3.8, 4) is 5.75 Å². The van der Waals surface area contributed by atoms with Crippen molar-refractivity contribution in [3.63, 3.8) is 0 Å². The molecule has 5 nitrogen and oxygen atoms in total. The smallest absolute Gasteiger partial charge is 0.119 e. The molecule has 2 saturated heterocycles. The van der Waals surface area contributed by atoms with Crippen molar-refractivity contribution >= 4 is 11.6 Å². The van der Waals surface area contributed by atoms with Gasteiger partial charge in [-0.15, -0.1) is 0 Å². The molecule has 36 heavy (non-hydrogen) atoms. The van der Waals surface area contributed by atoms with Crippen LogP contribution in [0.25, 0.3) is 0 Å². The van der Waals surface area contributed by atoms with Crippen molar-refractivity contribution in [2.45, 2.75) is 85.0 Å². The average molecular weight is 522 g/mol. The fraction of sp³-hybridized carbons (Fsp3) is 0.600. The molecule has 2 aromatic rings. The summed E-state index contributed by atoms with van der Waals surface area (Å²) >= 11 is 6.40. The Bertz CT molecular complexity index is 824. The lowest BCUT2D eigenvalue weighted by atomic mass is 9.94. The van der Waals surface area contributed by atoms with Gasteiger partial charge in [0.05, 0.1) is 31.5 Å². The maximum Gasteiger partial charge on any atom is 0.119 e. The molecule has 0 spiro atoms. The van der Waals surface area contributed by atoms with Gasteiger partial charge in [0, 0.05) is 17.9 Å². The summed E-state index contributed by atoms with van der Waals surface area (Å²) in [6, 6.07) is 13.8. The van der Waals surface area contributed by atoms with Crippen LogP contribution in [-0.4, -0.2) is 60.7 Å². The number of hydrogen-bond acceptors (Lipinski definition) is 5. The van der Waals surface area contributed by atoms with E-state index in [1.54, 1.807) is 0 Å². The van der Waals surface area contributed by atoms with E-state index in [1.807, 2.05) is 77.1 Å². The van der Waals surface area contributed by atoms with Crippen molar-refractivity contribution in [1.29, 1.82) is 0 Å². The maximum atomic E-state index is 10.0. The number of aliphatic hydroxyl groups is 2. The zero-order valence-electron chi connectivity index (χ0n) is 23.2. The molecule has 2 fully saturated rings. The zero-order valence-corrected chi connectivity index (χ0v) is 23.9. The Kier molecular flexibility index (Phi) is 16.7. The van der Waals surface area contributed by atoms with Crippen LogP contribution >= 0.6 is 11.6 Å². The molecule has 0 saturated carbocycles. The van der Waals surface area contributed by atoms with E-state index >= 15 is 0 Å². The van der Waals surface area contributed by atoms with Crippen molar-refractivity contribution < 1.29 is 19.7 Å². The van der Waals surface area contributed by atoms with Gasteiger partial charge in [-0.1, -0.05) is 63.6 Å². The Labute approximate surface area is 224 Å². The summed E-state index contributed by atoms with van der Waals surface area (Å²) in [5.41, 5.74) is 3.13. The highest BCUT2D eigenvalue weighted by Gasteiger charge is 2.29. The van der Waals surface area contributed by atoms with Crippen molar-refractivity contribution in [2.75, 3.05) is 33.4 Å². The molecule has 0 amide bonds. The molecule has 2 aliphatic rings. The van der Waals surface area contributed by atoms with Crippen LogP contribution < -0.4 is 4.74 Å². The number of nitrogens with zero attached hydrogens (tertiary/aromatic N) is 1. The largest absolute Gasteiger partial charge is 0.494 e. The lowest BCUT2D eigenvalue weighted by molar-refractivity contribution is -0.113. The van der Waals surface area contributed by atoms with Gasteiger partial charge < -0.3 is 24.6 Å². The lowest BCUT2D eigenvalue weighted by Crippen LogP contribution is -2.33. The quantitative estimate of drug-likeness (QED) is 0.444. The second-order valence-electron chi connectivity index (χ2n) is 8.67. The van der Waals surface area contributed by atoms with E-state index < -0.39 is 6.10 Å². The number of benzene rings is 2. The molecule has 2 heterocycles. The minimum absolute atomic E-state index is 0.0831. The van der Waals surface area contributed by atoms with E-state index in [1.165, 1.54) is 25.9 Å². The third kappa shape index (κ3) is 11.2. The molecular weight excluding hydrogens is 474 g/mol. The van der Waals surface area contributed by atoms with Crippen LogP contribution in [0.4, 0.5) is 0 Å². The molecule has 0 aliphatic carbocycles. The van der Waals surface area contributed by atoms with Crippen LogP contribution in [0.1, 0.15) is 83.1 Å². The molecule has 204 valence electrons. The van der Waals surface area contributed by atoms with Gasteiger partial charge in [0.2, 0.25) is 0 Å². The van der Waals surface area contributed by atoms with Crippen LogP contribution in [-0.2, 0) is 11.2 Å². The highest BCUT2D eigenvalue weighted by Crippen LogP contribution is 2.33. The summed E-state index contributed by atoms with van der Waals surface area (Å²) in [5.74, 6) is 0.857. The first kappa shape index (κ1) is 32.4. The summed E-state index contributed by atoms with van der Waals surface area (Å²) in [4.78, 5) is 2.36.